The molecule has 8 heteroatoms. The van der Waals surface area contributed by atoms with Gasteiger partial charge in [-0.2, -0.15) is 22.0 Å². The summed E-state index contributed by atoms with van der Waals surface area (Å²) in [6.07, 6.45) is -5.46. The Morgan fingerprint density at radius 3 is 2.43 bits per heavy atom. The Balaban J connectivity index is 2.06. The second-order valence-corrected chi connectivity index (χ2v) is 4.71. The van der Waals surface area contributed by atoms with Crippen LogP contribution in [0.15, 0.2) is 18.2 Å². The van der Waals surface area contributed by atoms with Gasteiger partial charge in [0, 0.05) is 6.04 Å². The first-order valence-electron chi connectivity index (χ1n) is 6.33. The molecule has 0 fully saturated rings. The van der Waals surface area contributed by atoms with Crippen LogP contribution in [0.1, 0.15) is 18.9 Å². The Labute approximate surface area is 118 Å². The van der Waals surface area contributed by atoms with Gasteiger partial charge in [-0.05, 0) is 30.5 Å². The van der Waals surface area contributed by atoms with Crippen LogP contribution in [0.3, 0.4) is 0 Å². The minimum Gasteiger partial charge on any atom is -0.454 e. The number of hydrogen-bond acceptors (Lipinski definition) is 3. The lowest BCUT2D eigenvalue weighted by molar-refractivity contribution is -0.298. The van der Waals surface area contributed by atoms with Crippen molar-refractivity contribution in [3.63, 3.8) is 0 Å². The predicted octanol–water partition coefficient (Wildman–Crippen LogP) is 3.48. The highest BCUT2D eigenvalue weighted by molar-refractivity contribution is 5.44. The Bertz CT molecular complexity index is 504. The van der Waals surface area contributed by atoms with Gasteiger partial charge in [0.25, 0.3) is 0 Å². The van der Waals surface area contributed by atoms with E-state index in [1.165, 1.54) is 12.2 Å². The van der Waals surface area contributed by atoms with Crippen LogP contribution in [0.25, 0.3) is 0 Å². The summed E-state index contributed by atoms with van der Waals surface area (Å²) >= 11 is 0. The third kappa shape index (κ3) is 3.55. The summed E-state index contributed by atoms with van der Waals surface area (Å²) in [7, 11) is 0. The molecule has 0 aromatic heterocycles. The van der Waals surface area contributed by atoms with E-state index in [4.69, 9.17) is 9.47 Å². The minimum absolute atomic E-state index is 0.0266. The molecule has 0 saturated heterocycles. The molecule has 1 aromatic carbocycles. The van der Waals surface area contributed by atoms with Gasteiger partial charge in [0.1, 0.15) is 0 Å². The normalized spacial score (nSPS) is 16.1. The first-order valence-corrected chi connectivity index (χ1v) is 6.33. The Morgan fingerprint density at radius 1 is 1.14 bits per heavy atom. The molecule has 1 unspecified atom stereocenters. The van der Waals surface area contributed by atoms with Crippen LogP contribution in [0, 0.1) is 0 Å². The minimum atomic E-state index is -5.62. The molecule has 21 heavy (non-hydrogen) atoms. The first-order chi connectivity index (χ1) is 9.73. The van der Waals surface area contributed by atoms with Crippen LogP contribution in [0.5, 0.6) is 11.5 Å². The highest BCUT2D eigenvalue weighted by Gasteiger charge is 2.58. The van der Waals surface area contributed by atoms with E-state index in [-0.39, 0.29) is 19.6 Å². The Morgan fingerprint density at radius 2 is 1.81 bits per heavy atom. The molecule has 0 spiro atoms. The molecule has 1 aromatic rings. The molecule has 0 saturated carbocycles. The Kier molecular flexibility index (Phi) is 4.27. The lowest BCUT2D eigenvalue weighted by Crippen LogP contribution is -2.54. The molecular weight excluding hydrogens is 297 g/mol. The maximum Gasteiger partial charge on any atom is 0.469 e. The molecule has 0 bridgehead atoms. The average molecular weight is 311 g/mol. The second-order valence-electron chi connectivity index (χ2n) is 4.71. The van der Waals surface area contributed by atoms with E-state index in [1.807, 2.05) is 0 Å². The summed E-state index contributed by atoms with van der Waals surface area (Å²) in [5, 5.41) is 1.37. The van der Waals surface area contributed by atoms with Crippen LogP contribution >= 0.6 is 0 Å². The van der Waals surface area contributed by atoms with Crippen molar-refractivity contribution in [3.05, 3.63) is 23.8 Å². The molecule has 1 heterocycles. The molecule has 3 nitrogen and oxygen atoms in total. The average Bonchev–Trinajstić information content (AvgIpc) is 2.83. The van der Waals surface area contributed by atoms with E-state index in [9.17, 15) is 22.0 Å². The van der Waals surface area contributed by atoms with Crippen molar-refractivity contribution in [3.8, 4) is 11.5 Å². The van der Waals surface area contributed by atoms with E-state index in [2.05, 4.69) is 0 Å². The molecule has 0 radical (unpaired) electrons. The second kappa shape index (κ2) is 5.67. The largest absolute Gasteiger partial charge is 0.469 e. The molecule has 2 rings (SSSR count). The van der Waals surface area contributed by atoms with Crippen molar-refractivity contribution in [2.75, 3.05) is 6.79 Å². The standard InChI is InChI=1S/C13H14F5NO2/c1-2-9(19-13(17,18)12(14,15)16)5-8-3-4-10-11(6-8)21-7-20-10/h3-4,6,9,19H,2,5,7H2,1H3. The number of nitrogens with one attached hydrogen (secondary N) is 1. The van der Waals surface area contributed by atoms with Gasteiger partial charge < -0.3 is 9.47 Å². The molecule has 1 aliphatic rings. The fourth-order valence-electron chi connectivity index (χ4n) is 1.99. The predicted molar refractivity (Wildman–Crippen MR) is 64.5 cm³/mol. The van der Waals surface area contributed by atoms with E-state index in [0.29, 0.717) is 17.1 Å². The zero-order valence-corrected chi connectivity index (χ0v) is 11.1. The molecule has 118 valence electrons. The van der Waals surface area contributed by atoms with Gasteiger partial charge in [0.15, 0.2) is 11.5 Å². The van der Waals surface area contributed by atoms with Crippen LogP contribution in [0.2, 0.25) is 0 Å². The van der Waals surface area contributed by atoms with Gasteiger partial charge in [-0.25, -0.2) is 5.32 Å². The summed E-state index contributed by atoms with van der Waals surface area (Å²) < 4.78 is 72.9. The van der Waals surface area contributed by atoms with Crippen LogP contribution in [-0.2, 0) is 6.42 Å². The topological polar surface area (TPSA) is 30.5 Å². The summed E-state index contributed by atoms with van der Waals surface area (Å²) in [4.78, 5) is 0. The van der Waals surface area contributed by atoms with Crippen molar-refractivity contribution in [2.24, 2.45) is 0 Å². The van der Waals surface area contributed by atoms with E-state index < -0.39 is 18.3 Å². The zero-order chi connectivity index (χ0) is 15.7. The van der Waals surface area contributed by atoms with Crippen molar-refractivity contribution < 1.29 is 31.4 Å². The van der Waals surface area contributed by atoms with Gasteiger partial charge in [-0.15, -0.1) is 0 Å². The summed E-state index contributed by atoms with van der Waals surface area (Å²) in [6, 6.07) is -1.12. The lowest BCUT2D eigenvalue weighted by atomic mass is 10.0. The molecule has 0 amide bonds. The molecule has 1 aliphatic heterocycles. The molecular formula is C13H14F5NO2. The maximum absolute atomic E-state index is 13.0. The van der Waals surface area contributed by atoms with Crippen molar-refractivity contribution in [1.82, 2.24) is 5.32 Å². The number of hydrogen-bond donors (Lipinski definition) is 1. The fourth-order valence-corrected chi connectivity index (χ4v) is 1.99. The van der Waals surface area contributed by atoms with Crippen LogP contribution in [0.4, 0.5) is 22.0 Å². The van der Waals surface area contributed by atoms with Gasteiger partial charge in [0.2, 0.25) is 6.79 Å². The Hall–Kier alpha value is -1.57. The summed E-state index contributed by atoms with van der Waals surface area (Å²) in [5.41, 5.74) is 0.594. The number of benzene rings is 1. The van der Waals surface area contributed by atoms with Crippen LogP contribution in [-0.4, -0.2) is 25.1 Å². The smallest absolute Gasteiger partial charge is 0.454 e. The first kappa shape index (κ1) is 15.8. The van der Waals surface area contributed by atoms with Crippen molar-refractivity contribution in [2.45, 2.75) is 38.0 Å². The molecule has 1 atom stereocenters. The van der Waals surface area contributed by atoms with Gasteiger partial charge in [-0.3, -0.25) is 0 Å². The highest BCUT2D eigenvalue weighted by Crippen LogP contribution is 2.35. The van der Waals surface area contributed by atoms with E-state index in [0.717, 1.165) is 0 Å². The lowest BCUT2D eigenvalue weighted by Gasteiger charge is -2.26. The van der Waals surface area contributed by atoms with E-state index >= 15 is 0 Å². The van der Waals surface area contributed by atoms with Crippen molar-refractivity contribution in [1.29, 1.82) is 0 Å². The fraction of sp³-hybridized carbons (Fsp3) is 0.538. The number of rotatable bonds is 5. The van der Waals surface area contributed by atoms with Gasteiger partial charge >= 0.3 is 12.2 Å². The number of halogens is 5. The monoisotopic (exact) mass is 311 g/mol. The third-order valence-corrected chi connectivity index (χ3v) is 3.15. The highest BCUT2D eigenvalue weighted by atomic mass is 19.4. The molecule has 1 N–H and O–H groups in total. The maximum atomic E-state index is 13.0. The summed E-state index contributed by atoms with van der Waals surface area (Å²) in [6.45, 7) is 1.61. The van der Waals surface area contributed by atoms with Crippen molar-refractivity contribution >= 4 is 0 Å². The summed E-state index contributed by atoms with van der Waals surface area (Å²) in [5.74, 6) is 0.991. The number of alkyl halides is 5. The number of ether oxygens (including phenoxy) is 2. The molecule has 0 aliphatic carbocycles. The van der Waals surface area contributed by atoms with Gasteiger partial charge in [0.05, 0.1) is 0 Å². The van der Waals surface area contributed by atoms with Crippen LogP contribution < -0.4 is 14.8 Å². The number of fused-ring (bicyclic) bond motifs is 1. The van der Waals surface area contributed by atoms with Gasteiger partial charge in [-0.1, -0.05) is 13.0 Å². The zero-order valence-electron chi connectivity index (χ0n) is 11.1. The van der Waals surface area contributed by atoms with E-state index in [1.54, 1.807) is 18.2 Å². The quantitative estimate of drug-likeness (QED) is 0.667. The third-order valence-electron chi connectivity index (χ3n) is 3.15. The SMILES string of the molecule is CCC(Cc1ccc2c(c1)OCO2)NC(F)(F)C(F)(F)F.